The molecule has 0 bridgehead atoms. The minimum absolute atomic E-state index is 0.0115. The lowest BCUT2D eigenvalue weighted by Gasteiger charge is -2.24. The van der Waals surface area contributed by atoms with Crippen molar-refractivity contribution in [1.82, 2.24) is 10.2 Å². The molecule has 2 N–H and O–H groups in total. The minimum atomic E-state index is -5.11. The molecule has 1 aliphatic rings. The molecule has 2 amide bonds. The van der Waals surface area contributed by atoms with Crippen molar-refractivity contribution < 1.29 is 32.5 Å². The summed E-state index contributed by atoms with van der Waals surface area (Å²) in [5.74, 6) is -1.36. The Kier molecular flexibility index (Phi) is 6.09. The van der Waals surface area contributed by atoms with Crippen LogP contribution < -0.4 is 10.3 Å². The van der Waals surface area contributed by atoms with Crippen molar-refractivity contribution in [1.29, 1.82) is 0 Å². The Hall–Kier alpha value is -3.36. The van der Waals surface area contributed by atoms with Gasteiger partial charge in [-0.2, -0.15) is 18.1 Å². The first-order valence-corrected chi connectivity index (χ1v) is 9.36. The van der Waals surface area contributed by atoms with E-state index in [0.717, 1.165) is 10.5 Å². The van der Waals surface area contributed by atoms with Crippen LogP contribution in [0.3, 0.4) is 0 Å². The Morgan fingerprint density at radius 2 is 1.70 bits per heavy atom. The summed E-state index contributed by atoms with van der Waals surface area (Å²) in [5.41, 5.74) is -2.07. The van der Waals surface area contributed by atoms with Crippen LogP contribution in [0.5, 0.6) is 0 Å². The van der Waals surface area contributed by atoms with Crippen molar-refractivity contribution in [3.8, 4) is 0 Å². The summed E-state index contributed by atoms with van der Waals surface area (Å²) in [7, 11) is 0. The second kappa shape index (κ2) is 8.56. The fourth-order valence-corrected chi connectivity index (χ4v) is 3.19. The third-order valence-electron chi connectivity index (χ3n) is 4.65. The second-order valence-corrected chi connectivity index (χ2v) is 6.63. The van der Waals surface area contributed by atoms with Gasteiger partial charge in [-0.3, -0.25) is 5.32 Å². The zero-order valence-corrected chi connectivity index (χ0v) is 16.2. The average Bonchev–Trinajstić information content (AvgIpc) is 3.01. The Bertz CT molecular complexity index is 933. The molecule has 0 unspecified atom stereocenters. The fraction of sp³-hybridized carbons (Fsp3) is 0.286. The lowest BCUT2D eigenvalue weighted by molar-refractivity contribution is -0.581. The largest absolute Gasteiger partial charge is 0.465 e. The smallest absolute Gasteiger partial charge is 0.450 e. The number of nitrogens with zero attached hydrogens (tertiary/aromatic N) is 1. The molecule has 0 spiro atoms. The number of hydrogen-bond acceptors (Lipinski definition) is 3. The average molecular weight is 420 g/mol. The number of benzene rings is 2. The van der Waals surface area contributed by atoms with E-state index in [9.17, 15) is 22.8 Å². The van der Waals surface area contributed by atoms with Gasteiger partial charge in [0.05, 0.1) is 18.7 Å². The predicted molar refractivity (Wildman–Crippen MR) is 102 cm³/mol. The summed E-state index contributed by atoms with van der Waals surface area (Å²) < 4.78 is 46.9. The first-order valence-electron chi connectivity index (χ1n) is 9.36. The molecule has 3 rings (SSSR count). The molecule has 1 atom stereocenters. The van der Waals surface area contributed by atoms with E-state index in [4.69, 9.17) is 0 Å². The number of rotatable bonds is 6. The lowest BCUT2D eigenvalue weighted by Crippen LogP contribution is -2.96. The third-order valence-corrected chi connectivity index (χ3v) is 4.65. The van der Waals surface area contributed by atoms with Gasteiger partial charge in [-0.25, -0.2) is 14.6 Å². The molecule has 6 nitrogen and oxygen atoms in total. The van der Waals surface area contributed by atoms with Crippen molar-refractivity contribution in [2.45, 2.75) is 25.2 Å². The van der Waals surface area contributed by atoms with Crippen LogP contribution in [0.25, 0.3) is 0 Å². The van der Waals surface area contributed by atoms with Gasteiger partial charge in [0.25, 0.3) is 5.84 Å². The molecule has 0 aliphatic carbocycles. The molecule has 2 aromatic carbocycles. The van der Waals surface area contributed by atoms with Gasteiger partial charge in [0.2, 0.25) is 0 Å². The maximum absolute atomic E-state index is 14.1. The van der Waals surface area contributed by atoms with E-state index in [1.165, 1.54) is 6.92 Å². The van der Waals surface area contributed by atoms with Crippen LogP contribution in [0, 0.1) is 0 Å². The number of hydrogen-bond donors (Lipinski definition) is 2. The van der Waals surface area contributed by atoms with Crippen LogP contribution in [0.2, 0.25) is 0 Å². The highest BCUT2D eigenvalue weighted by atomic mass is 19.4. The maximum atomic E-state index is 14.1. The quantitative estimate of drug-likeness (QED) is 0.746. The fourth-order valence-electron chi connectivity index (χ4n) is 3.19. The number of ether oxygens (including phenoxy) is 1. The summed E-state index contributed by atoms with van der Waals surface area (Å²) >= 11 is 0. The molecular formula is C21H21F3N3O3+. The van der Waals surface area contributed by atoms with E-state index in [2.05, 4.69) is 9.73 Å². The van der Waals surface area contributed by atoms with Crippen molar-refractivity contribution in [2.75, 3.05) is 13.2 Å². The van der Waals surface area contributed by atoms with Gasteiger partial charge < -0.3 is 4.74 Å². The molecule has 0 aromatic heterocycles. The summed E-state index contributed by atoms with van der Waals surface area (Å²) in [6.45, 7) is 1.31. The SMILES string of the molecule is CCOC(=O)N[C@@]1(C(F)(F)F)[NH+]=C(c2ccccc2)N(CCc2ccccc2)C1=O. The van der Waals surface area contributed by atoms with E-state index >= 15 is 0 Å². The Morgan fingerprint density at radius 1 is 1.10 bits per heavy atom. The standard InChI is InChI=1S/C21H20F3N3O3/c1-2-30-19(29)26-20(21(22,23)24)18(28)27(14-13-15-9-5-3-6-10-15)17(25-20)16-11-7-4-8-12-16/h3-12H,2,13-14H2,1H3,(H,26,29)/p+1/t20-/m0/s1. The molecule has 0 saturated heterocycles. The van der Waals surface area contributed by atoms with Crippen molar-refractivity contribution in [2.24, 2.45) is 0 Å². The van der Waals surface area contributed by atoms with E-state index in [1.807, 2.05) is 30.3 Å². The molecule has 158 valence electrons. The topological polar surface area (TPSA) is 72.6 Å². The van der Waals surface area contributed by atoms with Gasteiger partial charge in [-0.15, -0.1) is 0 Å². The molecule has 2 aromatic rings. The predicted octanol–water partition coefficient (Wildman–Crippen LogP) is 1.60. The molecule has 1 heterocycles. The monoisotopic (exact) mass is 420 g/mol. The first kappa shape index (κ1) is 21.4. The third kappa shape index (κ3) is 4.14. The van der Waals surface area contributed by atoms with Crippen LogP contribution in [0.4, 0.5) is 18.0 Å². The zero-order valence-electron chi connectivity index (χ0n) is 16.2. The van der Waals surface area contributed by atoms with E-state index < -0.39 is 23.8 Å². The summed E-state index contributed by atoms with van der Waals surface area (Å²) in [6.07, 6.45) is -6.12. The molecule has 30 heavy (non-hydrogen) atoms. The number of amides is 2. The number of halogens is 3. The van der Waals surface area contributed by atoms with Crippen molar-refractivity contribution in [3.63, 3.8) is 0 Å². The number of alkyl halides is 3. The van der Waals surface area contributed by atoms with E-state index in [-0.39, 0.29) is 19.0 Å². The Labute approximate surface area is 171 Å². The lowest BCUT2D eigenvalue weighted by atomic mass is 10.1. The van der Waals surface area contributed by atoms with Crippen LogP contribution in [0.1, 0.15) is 18.1 Å². The molecule has 0 saturated carbocycles. The second-order valence-electron chi connectivity index (χ2n) is 6.63. The summed E-state index contributed by atoms with van der Waals surface area (Å²) in [5, 5.41) is 1.70. The normalized spacial score (nSPS) is 18.9. The molecular weight excluding hydrogens is 399 g/mol. The summed E-state index contributed by atoms with van der Waals surface area (Å²) in [6, 6.07) is 17.3. The van der Waals surface area contributed by atoms with Gasteiger partial charge in [0.1, 0.15) is 0 Å². The Balaban J connectivity index is 2.02. The van der Waals surface area contributed by atoms with E-state index in [0.29, 0.717) is 12.0 Å². The number of alkyl carbamates (subject to hydrolysis) is 1. The van der Waals surface area contributed by atoms with Gasteiger partial charge in [-0.05, 0) is 24.6 Å². The number of amidine groups is 1. The van der Waals surface area contributed by atoms with Crippen LogP contribution in [0.15, 0.2) is 60.7 Å². The number of carbonyl (C=O) groups is 2. The van der Waals surface area contributed by atoms with Gasteiger partial charge in [-0.1, -0.05) is 48.5 Å². The molecule has 0 fully saturated rings. The maximum Gasteiger partial charge on any atom is 0.465 e. The van der Waals surface area contributed by atoms with Crippen molar-refractivity contribution in [3.05, 3.63) is 71.8 Å². The summed E-state index contributed by atoms with van der Waals surface area (Å²) in [4.78, 5) is 28.2. The molecule has 0 radical (unpaired) electrons. The highest BCUT2D eigenvalue weighted by molar-refractivity contribution is 6.10. The minimum Gasteiger partial charge on any atom is -0.450 e. The van der Waals surface area contributed by atoms with Crippen molar-refractivity contribution >= 4 is 17.8 Å². The Morgan fingerprint density at radius 3 is 2.27 bits per heavy atom. The zero-order chi connectivity index (χ0) is 21.8. The van der Waals surface area contributed by atoms with Gasteiger partial charge >= 0.3 is 23.8 Å². The number of nitrogens with one attached hydrogen (secondary N) is 2. The highest BCUT2D eigenvalue weighted by Crippen LogP contribution is 2.30. The van der Waals surface area contributed by atoms with Crippen LogP contribution in [-0.4, -0.2) is 47.7 Å². The number of carbonyl (C=O) groups excluding carboxylic acids is 2. The van der Waals surface area contributed by atoms with Crippen LogP contribution >= 0.6 is 0 Å². The first-order chi connectivity index (χ1) is 14.3. The van der Waals surface area contributed by atoms with Gasteiger partial charge in [0, 0.05) is 6.42 Å². The highest BCUT2D eigenvalue weighted by Gasteiger charge is 2.72. The van der Waals surface area contributed by atoms with Crippen LogP contribution in [-0.2, 0) is 16.0 Å². The van der Waals surface area contributed by atoms with Gasteiger partial charge in [0.15, 0.2) is 0 Å². The van der Waals surface area contributed by atoms with E-state index in [1.54, 1.807) is 35.6 Å². The molecule has 9 heteroatoms. The molecule has 1 aliphatic heterocycles.